The highest BCUT2D eigenvalue weighted by Crippen LogP contribution is 2.52. The first-order chi connectivity index (χ1) is 5.25. The number of rotatable bonds is 4. The Kier molecular flexibility index (Phi) is 3.45. The van der Waals surface area contributed by atoms with Crippen molar-refractivity contribution in [1.82, 2.24) is 0 Å². The summed E-state index contributed by atoms with van der Waals surface area (Å²) in [5.74, 6) is -1.45. The van der Waals surface area contributed by atoms with Gasteiger partial charge in [-0.3, -0.25) is 9.36 Å². The molecule has 0 aromatic heterocycles. The molecule has 12 heavy (non-hydrogen) atoms. The van der Waals surface area contributed by atoms with Crippen LogP contribution in [0.25, 0.3) is 0 Å². The lowest BCUT2D eigenvalue weighted by Crippen LogP contribution is -2.34. The van der Waals surface area contributed by atoms with Crippen LogP contribution in [-0.4, -0.2) is 26.0 Å². The lowest BCUT2D eigenvalue weighted by molar-refractivity contribution is -0.140. The van der Waals surface area contributed by atoms with Gasteiger partial charge in [-0.1, -0.05) is 13.3 Å². The third kappa shape index (κ3) is 2.06. The van der Waals surface area contributed by atoms with Crippen molar-refractivity contribution in [2.45, 2.75) is 31.8 Å². The molecule has 0 saturated carbocycles. The number of carbonyl (C=O) groups is 1. The Hall–Kier alpha value is -0.380. The number of aliphatic carboxylic acids is 1. The first-order valence-electron chi connectivity index (χ1n) is 3.54. The van der Waals surface area contributed by atoms with Crippen LogP contribution < -0.4 is 0 Å². The van der Waals surface area contributed by atoms with Crippen LogP contribution in [0.3, 0.4) is 0 Å². The SMILES string of the molecule is CCCC(C)(C(=O)O)P(=O)(O)O. The Bertz CT molecular complexity index is 220. The van der Waals surface area contributed by atoms with Gasteiger partial charge in [0.25, 0.3) is 0 Å². The standard InChI is InChI=1S/C6H13O5P/c1-3-4-6(2,5(7)8)12(9,10)11/h3-4H2,1-2H3,(H,7,8)(H2,9,10,11). The second-order valence-corrected chi connectivity index (χ2v) is 4.95. The summed E-state index contributed by atoms with van der Waals surface area (Å²) in [7, 11) is -4.56. The van der Waals surface area contributed by atoms with Gasteiger partial charge in [-0.2, -0.15) is 0 Å². The van der Waals surface area contributed by atoms with Gasteiger partial charge in [-0.15, -0.1) is 0 Å². The van der Waals surface area contributed by atoms with Crippen molar-refractivity contribution in [2.75, 3.05) is 0 Å². The van der Waals surface area contributed by atoms with Crippen LogP contribution in [-0.2, 0) is 9.36 Å². The van der Waals surface area contributed by atoms with Crippen LogP contribution in [0.1, 0.15) is 26.7 Å². The highest BCUT2D eigenvalue weighted by Gasteiger charge is 2.48. The van der Waals surface area contributed by atoms with Gasteiger partial charge in [0.2, 0.25) is 0 Å². The van der Waals surface area contributed by atoms with Crippen molar-refractivity contribution in [3.05, 3.63) is 0 Å². The minimum Gasteiger partial charge on any atom is -0.480 e. The quantitative estimate of drug-likeness (QED) is 0.578. The van der Waals surface area contributed by atoms with Crippen molar-refractivity contribution in [1.29, 1.82) is 0 Å². The molecule has 0 fully saturated rings. The molecular formula is C6H13O5P. The molecule has 0 aliphatic heterocycles. The summed E-state index contributed by atoms with van der Waals surface area (Å²) < 4.78 is 10.8. The second-order valence-electron chi connectivity index (χ2n) is 2.87. The molecule has 6 heteroatoms. The molecular weight excluding hydrogens is 183 g/mol. The predicted octanol–water partition coefficient (Wildman–Crippen LogP) is 0.807. The summed E-state index contributed by atoms with van der Waals surface area (Å²) in [4.78, 5) is 28.1. The Labute approximate surface area is 70.6 Å². The van der Waals surface area contributed by atoms with Gasteiger partial charge in [0.1, 0.15) is 0 Å². The first kappa shape index (κ1) is 11.6. The van der Waals surface area contributed by atoms with Gasteiger partial charge in [0, 0.05) is 0 Å². The van der Waals surface area contributed by atoms with Crippen molar-refractivity contribution in [3.8, 4) is 0 Å². The number of carboxylic acids is 1. The van der Waals surface area contributed by atoms with Crippen LogP contribution >= 0.6 is 7.60 Å². The second kappa shape index (κ2) is 3.56. The van der Waals surface area contributed by atoms with Crippen LogP contribution in [0.15, 0.2) is 0 Å². The van der Waals surface area contributed by atoms with E-state index in [1.807, 2.05) is 0 Å². The van der Waals surface area contributed by atoms with E-state index in [9.17, 15) is 9.36 Å². The number of hydrogen-bond acceptors (Lipinski definition) is 2. The monoisotopic (exact) mass is 196 g/mol. The summed E-state index contributed by atoms with van der Waals surface area (Å²) >= 11 is 0. The molecule has 0 bridgehead atoms. The summed E-state index contributed by atoms with van der Waals surface area (Å²) in [6.45, 7) is 2.75. The molecule has 0 saturated heterocycles. The van der Waals surface area contributed by atoms with Crippen LogP contribution in [0, 0.1) is 0 Å². The molecule has 0 aromatic carbocycles. The molecule has 0 heterocycles. The highest BCUT2D eigenvalue weighted by atomic mass is 31.2. The molecule has 0 spiro atoms. The Balaban J connectivity index is 4.88. The van der Waals surface area contributed by atoms with E-state index >= 15 is 0 Å². The molecule has 0 aliphatic carbocycles. The van der Waals surface area contributed by atoms with Crippen LogP contribution in [0.4, 0.5) is 0 Å². The Morgan fingerprint density at radius 3 is 2.00 bits per heavy atom. The fourth-order valence-corrected chi connectivity index (χ4v) is 1.63. The van der Waals surface area contributed by atoms with Crippen LogP contribution in [0.5, 0.6) is 0 Å². The molecule has 1 unspecified atom stereocenters. The molecule has 0 radical (unpaired) electrons. The zero-order valence-electron chi connectivity index (χ0n) is 7.02. The maximum atomic E-state index is 10.8. The molecule has 0 amide bonds. The highest BCUT2D eigenvalue weighted by molar-refractivity contribution is 7.54. The average Bonchev–Trinajstić information content (AvgIpc) is 1.85. The zero-order valence-corrected chi connectivity index (χ0v) is 7.91. The third-order valence-electron chi connectivity index (χ3n) is 1.84. The molecule has 0 rings (SSSR count). The minimum atomic E-state index is -4.56. The topological polar surface area (TPSA) is 94.8 Å². The van der Waals surface area contributed by atoms with E-state index in [1.165, 1.54) is 0 Å². The van der Waals surface area contributed by atoms with Gasteiger partial charge in [-0.25, -0.2) is 0 Å². The molecule has 0 aliphatic rings. The van der Waals surface area contributed by atoms with E-state index in [0.717, 1.165) is 6.92 Å². The fourth-order valence-electron chi connectivity index (χ4n) is 0.864. The summed E-state index contributed by atoms with van der Waals surface area (Å²) in [5, 5.41) is 6.68. The molecule has 3 N–H and O–H groups in total. The summed E-state index contributed by atoms with van der Waals surface area (Å²) in [6, 6.07) is 0. The zero-order chi connectivity index (χ0) is 9.99. The molecule has 72 valence electrons. The normalized spacial score (nSPS) is 17.0. The molecule has 0 aromatic rings. The van der Waals surface area contributed by atoms with Gasteiger partial charge in [0.15, 0.2) is 5.16 Å². The van der Waals surface area contributed by atoms with Crippen LogP contribution in [0.2, 0.25) is 0 Å². The van der Waals surface area contributed by atoms with E-state index in [0.29, 0.717) is 6.42 Å². The minimum absolute atomic E-state index is 0.0212. The van der Waals surface area contributed by atoms with Crippen molar-refractivity contribution < 1.29 is 24.3 Å². The largest absolute Gasteiger partial charge is 0.480 e. The number of hydrogen-bond donors (Lipinski definition) is 3. The van der Waals surface area contributed by atoms with E-state index in [2.05, 4.69) is 0 Å². The predicted molar refractivity (Wildman–Crippen MR) is 43.0 cm³/mol. The third-order valence-corrected chi connectivity index (χ3v) is 3.54. The lowest BCUT2D eigenvalue weighted by atomic mass is 10.1. The fraction of sp³-hybridized carbons (Fsp3) is 0.833. The van der Waals surface area contributed by atoms with Crippen molar-refractivity contribution >= 4 is 13.6 Å². The summed E-state index contributed by atoms with van der Waals surface area (Å²) in [5.41, 5.74) is 0. The van der Waals surface area contributed by atoms with Gasteiger partial charge < -0.3 is 14.9 Å². The smallest absolute Gasteiger partial charge is 0.342 e. The van der Waals surface area contributed by atoms with Gasteiger partial charge >= 0.3 is 13.6 Å². The van der Waals surface area contributed by atoms with E-state index < -0.39 is 18.7 Å². The van der Waals surface area contributed by atoms with E-state index in [1.54, 1.807) is 6.92 Å². The lowest BCUT2D eigenvalue weighted by Gasteiger charge is -2.24. The maximum Gasteiger partial charge on any atom is 0.342 e. The summed E-state index contributed by atoms with van der Waals surface area (Å²) in [6.07, 6.45) is 0.403. The van der Waals surface area contributed by atoms with Gasteiger partial charge in [-0.05, 0) is 13.3 Å². The van der Waals surface area contributed by atoms with E-state index in [-0.39, 0.29) is 6.42 Å². The van der Waals surface area contributed by atoms with Crippen molar-refractivity contribution in [3.63, 3.8) is 0 Å². The molecule has 1 atom stereocenters. The van der Waals surface area contributed by atoms with Crippen molar-refractivity contribution in [2.24, 2.45) is 0 Å². The molecule has 5 nitrogen and oxygen atoms in total. The Morgan fingerprint density at radius 2 is 1.92 bits per heavy atom. The number of carboxylic acid groups (broad SMARTS) is 1. The van der Waals surface area contributed by atoms with Gasteiger partial charge in [0.05, 0.1) is 0 Å². The first-order valence-corrected chi connectivity index (χ1v) is 5.16. The maximum absolute atomic E-state index is 10.8. The van der Waals surface area contributed by atoms with E-state index in [4.69, 9.17) is 14.9 Å². The average molecular weight is 196 g/mol. The Morgan fingerprint density at radius 1 is 1.50 bits per heavy atom.